The lowest BCUT2D eigenvalue weighted by atomic mass is 9.98. The highest BCUT2D eigenvalue weighted by molar-refractivity contribution is 5.92. The monoisotopic (exact) mass is 446 g/mol. The van der Waals surface area contributed by atoms with Crippen LogP contribution < -0.4 is 21.0 Å². The molecule has 0 amide bonds. The first-order chi connectivity index (χ1) is 15.3. The van der Waals surface area contributed by atoms with E-state index in [0.717, 1.165) is 57.3 Å². The van der Waals surface area contributed by atoms with Crippen molar-refractivity contribution in [2.45, 2.75) is 64.5 Å². The lowest BCUT2D eigenvalue weighted by molar-refractivity contribution is -0.525. The second-order valence-corrected chi connectivity index (χ2v) is 8.33. The first-order valence-corrected chi connectivity index (χ1v) is 10.9. The molecule has 3 N–H and O–H groups in total. The minimum Gasteiger partial charge on any atom is -0.368 e. The van der Waals surface area contributed by atoms with Gasteiger partial charge in [0.1, 0.15) is 5.69 Å². The maximum absolute atomic E-state index is 12.0. The topological polar surface area (TPSA) is 156 Å². The Balaban J connectivity index is 2.08. The molecule has 2 atom stereocenters. The molecule has 12 nitrogen and oxygen atoms in total. The van der Waals surface area contributed by atoms with Gasteiger partial charge in [0.15, 0.2) is 5.03 Å². The summed E-state index contributed by atoms with van der Waals surface area (Å²) in [6.45, 7) is 5.85. The number of rotatable bonds is 6. The summed E-state index contributed by atoms with van der Waals surface area (Å²) in [6, 6.07) is 3.90. The molecule has 3 rings (SSSR count). The third-order valence-corrected chi connectivity index (χ3v) is 6.11. The summed E-state index contributed by atoms with van der Waals surface area (Å²) in [6.07, 6.45) is 7.67. The molecule has 0 saturated carbocycles. The van der Waals surface area contributed by atoms with Crippen LogP contribution in [0.5, 0.6) is 0 Å². The maximum atomic E-state index is 12.0. The van der Waals surface area contributed by atoms with Crippen LogP contribution in [0, 0.1) is 20.2 Å². The van der Waals surface area contributed by atoms with E-state index in [2.05, 4.69) is 33.9 Å². The van der Waals surface area contributed by atoms with Gasteiger partial charge in [0.2, 0.25) is 0 Å². The molecule has 12 heteroatoms. The van der Waals surface area contributed by atoms with E-state index in [9.17, 15) is 20.2 Å². The Hall–Kier alpha value is -3.44. The number of hydrazine groups is 1. The first-order valence-electron chi connectivity index (χ1n) is 10.9. The quantitative estimate of drug-likeness (QED) is 0.292. The predicted molar refractivity (Wildman–Crippen MR) is 124 cm³/mol. The molecule has 1 aromatic rings. The normalized spacial score (nSPS) is 22.2. The largest absolute Gasteiger partial charge is 0.368 e. The number of hydrogen-bond donors (Lipinski definition) is 2. The number of hydrogen-bond acceptors (Lipinski definition) is 8. The van der Waals surface area contributed by atoms with E-state index in [1.54, 1.807) is 5.43 Å². The molecule has 2 aliphatic heterocycles. The molecule has 0 aliphatic carbocycles. The van der Waals surface area contributed by atoms with Gasteiger partial charge in [0.05, 0.1) is 11.1 Å². The zero-order valence-electron chi connectivity index (χ0n) is 18.4. The van der Waals surface area contributed by atoms with Crippen molar-refractivity contribution >= 4 is 29.2 Å². The van der Waals surface area contributed by atoms with Crippen molar-refractivity contribution < 1.29 is 9.96 Å². The van der Waals surface area contributed by atoms with Gasteiger partial charge < -0.3 is 15.5 Å². The highest BCUT2D eigenvalue weighted by Gasteiger charge is 2.30. The van der Waals surface area contributed by atoms with Crippen molar-refractivity contribution in [2.75, 3.05) is 22.9 Å². The van der Waals surface area contributed by atoms with Gasteiger partial charge in [-0.15, -0.1) is 5.10 Å². The molecule has 174 valence electrons. The van der Waals surface area contributed by atoms with Gasteiger partial charge in [-0.05, 0) is 58.4 Å². The minimum absolute atomic E-state index is 0.00832. The van der Waals surface area contributed by atoms with Crippen molar-refractivity contribution in [1.82, 2.24) is 5.43 Å². The summed E-state index contributed by atoms with van der Waals surface area (Å²) >= 11 is 0. The zero-order valence-corrected chi connectivity index (χ0v) is 18.4. The van der Waals surface area contributed by atoms with E-state index >= 15 is 0 Å². The summed E-state index contributed by atoms with van der Waals surface area (Å²) in [5.41, 5.74) is 9.12. The second-order valence-electron chi connectivity index (χ2n) is 8.33. The lowest BCUT2D eigenvalue weighted by Crippen LogP contribution is -2.40. The Kier molecular flexibility index (Phi) is 7.44. The first kappa shape index (κ1) is 23.2. The number of nitrogens with zero attached hydrogens (tertiary/aromatic N) is 6. The number of nitro groups is 2. The smallest absolute Gasteiger partial charge is 0.293 e. The molecule has 2 aliphatic rings. The summed E-state index contributed by atoms with van der Waals surface area (Å²) in [4.78, 5) is 26.4. The average Bonchev–Trinajstić information content (AvgIpc) is 2.74. The van der Waals surface area contributed by atoms with Crippen molar-refractivity contribution in [2.24, 2.45) is 15.9 Å². The van der Waals surface area contributed by atoms with E-state index in [1.165, 1.54) is 12.3 Å². The number of anilines is 2. The van der Waals surface area contributed by atoms with Crippen LogP contribution >= 0.6 is 0 Å². The minimum atomic E-state index is -0.839. The molecular formula is C20H30N8O4. The number of nitrogens with two attached hydrogens (primary N) is 1. The fourth-order valence-corrected chi connectivity index (χ4v) is 4.49. The number of benzene rings is 1. The van der Waals surface area contributed by atoms with E-state index in [-0.39, 0.29) is 22.7 Å². The van der Waals surface area contributed by atoms with Gasteiger partial charge in [-0.3, -0.25) is 10.1 Å². The highest BCUT2D eigenvalue weighted by Crippen LogP contribution is 2.39. The Morgan fingerprint density at radius 3 is 2.19 bits per heavy atom. The number of piperidine rings is 2. The van der Waals surface area contributed by atoms with Gasteiger partial charge >= 0.3 is 0 Å². The predicted octanol–water partition coefficient (Wildman–Crippen LogP) is 2.78. The molecule has 0 radical (unpaired) electrons. The molecule has 2 saturated heterocycles. The van der Waals surface area contributed by atoms with Crippen LogP contribution in [-0.2, 0) is 0 Å². The molecule has 2 heterocycles. The summed E-state index contributed by atoms with van der Waals surface area (Å²) in [5, 5.41) is 29.0. The van der Waals surface area contributed by atoms with Gasteiger partial charge in [0.25, 0.3) is 11.6 Å². The number of nitro benzene ring substituents is 1. The number of nitrogens with one attached hydrogen (secondary N) is 1. The molecule has 1 aromatic carbocycles. The van der Waals surface area contributed by atoms with E-state index < -0.39 is 11.0 Å². The van der Waals surface area contributed by atoms with Crippen LogP contribution in [0.15, 0.2) is 22.3 Å². The Labute approximate surface area is 186 Å². The molecule has 32 heavy (non-hydrogen) atoms. The van der Waals surface area contributed by atoms with Crippen LogP contribution in [0.25, 0.3) is 0 Å². The number of guanidine groups is 1. The van der Waals surface area contributed by atoms with Gasteiger partial charge in [-0.2, -0.15) is 5.10 Å². The van der Waals surface area contributed by atoms with Gasteiger partial charge in [-0.1, -0.05) is 5.43 Å². The molecule has 0 spiro atoms. The average molecular weight is 447 g/mol. The molecule has 0 aromatic heterocycles. The lowest BCUT2D eigenvalue weighted by Gasteiger charge is -2.38. The fraction of sp³-hybridized carbons (Fsp3) is 0.600. The molecule has 0 unspecified atom stereocenters. The van der Waals surface area contributed by atoms with Crippen molar-refractivity contribution in [1.29, 1.82) is 0 Å². The summed E-state index contributed by atoms with van der Waals surface area (Å²) in [5.74, 6) is -0.479. The van der Waals surface area contributed by atoms with Gasteiger partial charge in [-0.25, -0.2) is 10.1 Å². The fourth-order valence-electron chi connectivity index (χ4n) is 4.49. The Bertz CT molecular complexity index is 919. The second kappa shape index (κ2) is 10.2. The third kappa shape index (κ3) is 5.42. The van der Waals surface area contributed by atoms with E-state index in [0.29, 0.717) is 11.3 Å². The Morgan fingerprint density at radius 1 is 1.06 bits per heavy atom. The molecule has 2 fully saturated rings. The van der Waals surface area contributed by atoms with E-state index in [4.69, 9.17) is 5.73 Å². The van der Waals surface area contributed by atoms with Crippen LogP contribution in [0.1, 0.15) is 57.9 Å². The van der Waals surface area contributed by atoms with Crippen LogP contribution in [-0.4, -0.2) is 47.3 Å². The zero-order chi connectivity index (χ0) is 23.3. The summed E-state index contributed by atoms with van der Waals surface area (Å²) < 4.78 is 0. The van der Waals surface area contributed by atoms with Crippen LogP contribution in [0.4, 0.5) is 17.1 Å². The van der Waals surface area contributed by atoms with Crippen molar-refractivity contribution in [3.63, 3.8) is 0 Å². The third-order valence-electron chi connectivity index (χ3n) is 6.11. The van der Waals surface area contributed by atoms with Crippen LogP contribution in [0.2, 0.25) is 0 Å². The highest BCUT2D eigenvalue weighted by atomic mass is 16.7. The SMILES string of the molecule is C[C@@H]1CCCCN1c1cc(N2CCCC[C@@H]2C)c([N+](=O)[O-])cc1/C=N\N=C(N)N[N+](=O)[O-]. The van der Waals surface area contributed by atoms with Gasteiger partial charge in [0, 0.05) is 42.5 Å². The maximum Gasteiger partial charge on any atom is 0.293 e. The standard InChI is InChI=1S/C20H30N8O4/c1-14-7-3-5-9-25(14)17-12-18(26-10-6-4-8-15(26)2)19(27(29)30)11-16(17)13-22-23-20(21)24-28(31)32/h11-15H,3-10H2,1-2H3,(H3,21,23,24)/b22-13-/t14-,15+/m1/s1. The van der Waals surface area contributed by atoms with Crippen molar-refractivity contribution in [3.8, 4) is 0 Å². The van der Waals surface area contributed by atoms with E-state index in [1.807, 2.05) is 6.07 Å². The summed E-state index contributed by atoms with van der Waals surface area (Å²) in [7, 11) is 0. The molecule has 0 bridgehead atoms. The molecular weight excluding hydrogens is 416 g/mol. The van der Waals surface area contributed by atoms with Crippen LogP contribution in [0.3, 0.4) is 0 Å². The van der Waals surface area contributed by atoms with Crippen molar-refractivity contribution in [3.05, 3.63) is 37.9 Å². The Morgan fingerprint density at radius 2 is 1.66 bits per heavy atom.